The predicted molar refractivity (Wildman–Crippen MR) is 138 cm³/mol. The van der Waals surface area contributed by atoms with Gasteiger partial charge < -0.3 is 16.2 Å². The zero-order valence-electron chi connectivity index (χ0n) is 19.2. The summed E-state index contributed by atoms with van der Waals surface area (Å²) in [6, 6.07) is 26.2. The Morgan fingerprint density at radius 1 is 0.833 bits per heavy atom. The molecule has 4 aromatic carbocycles. The van der Waals surface area contributed by atoms with Gasteiger partial charge in [0.2, 0.25) is 5.91 Å². The number of benzene rings is 4. The molecule has 0 bridgehead atoms. The zero-order valence-corrected chi connectivity index (χ0v) is 20.0. The molecule has 9 heteroatoms. The van der Waals surface area contributed by atoms with Gasteiger partial charge in [-0.3, -0.25) is 14.3 Å². The van der Waals surface area contributed by atoms with Crippen molar-refractivity contribution in [3.8, 4) is 0 Å². The lowest BCUT2D eigenvalue weighted by atomic mass is 10.00. The maximum Gasteiger partial charge on any atom is 0.261 e. The van der Waals surface area contributed by atoms with Crippen molar-refractivity contribution < 1.29 is 23.1 Å². The van der Waals surface area contributed by atoms with Gasteiger partial charge in [0, 0.05) is 11.3 Å². The average molecular weight is 504 g/mol. The normalized spacial score (nSPS) is 13.0. The number of carbonyl (C=O) groups excluding carboxylic acids is 2. The highest BCUT2D eigenvalue weighted by atomic mass is 32.2. The summed E-state index contributed by atoms with van der Waals surface area (Å²) in [5, 5.41) is 14.6. The summed E-state index contributed by atoms with van der Waals surface area (Å²) in [5.41, 5.74) is 6.39. The Labute approximate surface area is 208 Å². The molecule has 0 aliphatic carbocycles. The summed E-state index contributed by atoms with van der Waals surface area (Å²) < 4.78 is 28.4. The van der Waals surface area contributed by atoms with Crippen molar-refractivity contribution in [3.05, 3.63) is 108 Å². The number of primary amides is 1. The molecule has 0 spiro atoms. The van der Waals surface area contributed by atoms with Crippen molar-refractivity contribution in [1.82, 2.24) is 5.32 Å². The van der Waals surface area contributed by atoms with Crippen LogP contribution in [0.1, 0.15) is 15.9 Å². The third kappa shape index (κ3) is 5.88. The zero-order chi connectivity index (χ0) is 25.7. The largest absolute Gasteiger partial charge is 0.381 e. The third-order valence-corrected chi connectivity index (χ3v) is 7.07. The monoisotopic (exact) mass is 503 g/mol. The Morgan fingerprint density at radius 3 is 2.25 bits per heavy atom. The second-order valence-electron chi connectivity index (χ2n) is 8.31. The number of nitrogens with one attached hydrogen (secondary N) is 2. The van der Waals surface area contributed by atoms with Gasteiger partial charge >= 0.3 is 0 Å². The molecule has 184 valence electrons. The number of rotatable bonds is 9. The van der Waals surface area contributed by atoms with Crippen LogP contribution in [-0.4, -0.2) is 37.5 Å². The van der Waals surface area contributed by atoms with E-state index in [4.69, 9.17) is 5.73 Å². The van der Waals surface area contributed by atoms with Crippen LogP contribution in [0.25, 0.3) is 10.8 Å². The van der Waals surface area contributed by atoms with Crippen LogP contribution >= 0.6 is 0 Å². The fourth-order valence-electron chi connectivity index (χ4n) is 3.83. The number of amides is 2. The fourth-order valence-corrected chi connectivity index (χ4v) is 4.92. The summed E-state index contributed by atoms with van der Waals surface area (Å²) in [6.45, 7) is 0. The Balaban J connectivity index is 1.53. The van der Waals surface area contributed by atoms with Gasteiger partial charge in [0.05, 0.1) is 10.9 Å². The van der Waals surface area contributed by atoms with Crippen LogP contribution in [0, 0.1) is 0 Å². The Morgan fingerprint density at radius 2 is 1.53 bits per heavy atom. The summed E-state index contributed by atoms with van der Waals surface area (Å²) >= 11 is 0. The molecule has 0 aromatic heterocycles. The molecule has 8 nitrogen and oxygen atoms in total. The van der Waals surface area contributed by atoms with E-state index in [2.05, 4.69) is 10.0 Å². The molecule has 36 heavy (non-hydrogen) atoms. The topological polar surface area (TPSA) is 139 Å². The molecule has 0 saturated carbocycles. The maximum absolute atomic E-state index is 13.0. The Kier molecular flexibility index (Phi) is 7.33. The molecule has 5 N–H and O–H groups in total. The van der Waals surface area contributed by atoms with E-state index >= 15 is 0 Å². The number of sulfonamides is 1. The number of anilines is 1. The molecule has 4 rings (SSSR count). The number of aliphatic hydroxyl groups is 1. The lowest BCUT2D eigenvalue weighted by molar-refractivity contribution is -0.127. The lowest BCUT2D eigenvalue weighted by Gasteiger charge is -2.22. The van der Waals surface area contributed by atoms with Crippen molar-refractivity contribution in [2.75, 3.05) is 4.72 Å². The van der Waals surface area contributed by atoms with Crippen LogP contribution in [0.15, 0.2) is 102 Å². The van der Waals surface area contributed by atoms with Crippen molar-refractivity contribution in [1.29, 1.82) is 0 Å². The molecule has 0 aliphatic rings. The number of carbonyl (C=O) groups is 2. The van der Waals surface area contributed by atoms with Crippen molar-refractivity contribution in [2.24, 2.45) is 5.73 Å². The Bertz CT molecular complexity index is 1510. The first-order chi connectivity index (χ1) is 17.2. The maximum atomic E-state index is 13.0. The second kappa shape index (κ2) is 10.6. The second-order valence-corrected chi connectivity index (χ2v) is 9.99. The van der Waals surface area contributed by atoms with Crippen LogP contribution in [0.3, 0.4) is 0 Å². The van der Waals surface area contributed by atoms with Gasteiger partial charge in [0.25, 0.3) is 15.9 Å². The molecule has 4 aromatic rings. The van der Waals surface area contributed by atoms with E-state index in [1.807, 2.05) is 30.3 Å². The van der Waals surface area contributed by atoms with Gasteiger partial charge in [0.15, 0.2) is 6.10 Å². The molecular formula is C27H25N3O5S. The van der Waals surface area contributed by atoms with Crippen LogP contribution < -0.4 is 15.8 Å². The number of nitrogens with two attached hydrogens (primary N) is 1. The van der Waals surface area contributed by atoms with Gasteiger partial charge in [-0.2, -0.15) is 0 Å². The highest BCUT2D eigenvalue weighted by Gasteiger charge is 2.26. The van der Waals surface area contributed by atoms with Gasteiger partial charge in [-0.05, 0) is 53.1 Å². The van der Waals surface area contributed by atoms with E-state index < -0.39 is 34.0 Å². The molecule has 0 aliphatic heterocycles. The molecular weight excluding hydrogens is 478 g/mol. The van der Waals surface area contributed by atoms with Crippen LogP contribution in [0.4, 0.5) is 5.69 Å². The average Bonchev–Trinajstić information content (AvgIpc) is 2.88. The van der Waals surface area contributed by atoms with Gasteiger partial charge in [-0.25, -0.2) is 8.42 Å². The number of fused-ring (bicyclic) bond motifs is 1. The first-order valence-electron chi connectivity index (χ1n) is 11.2. The van der Waals surface area contributed by atoms with E-state index in [0.29, 0.717) is 0 Å². The van der Waals surface area contributed by atoms with E-state index in [-0.39, 0.29) is 22.6 Å². The predicted octanol–water partition coefficient (Wildman–Crippen LogP) is 2.83. The Hall–Kier alpha value is -4.21. The van der Waals surface area contributed by atoms with E-state index in [0.717, 1.165) is 16.3 Å². The lowest BCUT2D eigenvalue weighted by Crippen LogP contribution is -2.50. The van der Waals surface area contributed by atoms with Crippen LogP contribution in [0.5, 0.6) is 0 Å². The number of hydrogen-bond donors (Lipinski definition) is 4. The number of aliphatic hydroxyl groups excluding tert-OH is 1. The minimum Gasteiger partial charge on any atom is -0.381 e. The fraction of sp³-hybridized carbons (Fsp3) is 0.111. The minimum atomic E-state index is -3.92. The standard InChI is InChI=1S/C27H25N3O5S/c28-26(32)25(31)24(15-18-7-2-1-3-8-18)29-27(33)21-11-6-12-22(16-21)30-36(34,35)23-14-13-19-9-4-5-10-20(19)17-23/h1-14,16-17,24-25,30-31H,15H2,(H2,28,32)(H,29,33). The van der Waals surface area contributed by atoms with E-state index in [9.17, 15) is 23.1 Å². The summed E-state index contributed by atoms with van der Waals surface area (Å²) in [6.07, 6.45) is -1.44. The molecule has 0 radical (unpaired) electrons. The molecule has 0 fully saturated rings. The van der Waals surface area contributed by atoms with E-state index in [1.54, 1.807) is 36.4 Å². The van der Waals surface area contributed by atoms with Gasteiger partial charge in [-0.1, -0.05) is 66.7 Å². The van der Waals surface area contributed by atoms with Crippen LogP contribution in [0.2, 0.25) is 0 Å². The van der Waals surface area contributed by atoms with Crippen molar-refractivity contribution >= 4 is 38.3 Å². The number of hydrogen-bond acceptors (Lipinski definition) is 5. The van der Waals surface area contributed by atoms with Crippen LogP contribution in [-0.2, 0) is 21.2 Å². The quantitative estimate of drug-likeness (QED) is 0.278. The molecule has 2 atom stereocenters. The van der Waals surface area contributed by atoms with Crippen molar-refractivity contribution in [2.45, 2.75) is 23.5 Å². The molecule has 0 saturated heterocycles. The van der Waals surface area contributed by atoms with Gasteiger partial charge in [0.1, 0.15) is 0 Å². The molecule has 2 unspecified atom stereocenters. The summed E-state index contributed by atoms with van der Waals surface area (Å²) in [5.74, 6) is -1.56. The SMILES string of the molecule is NC(=O)C(O)C(Cc1ccccc1)NC(=O)c1cccc(NS(=O)(=O)c2ccc3ccccc3c2)c1. The van der Waals surface area contributed by atoms with Crippen molar-refractivity contribution in [3.63, 3.8) is 0 Å². The first kappa shape index (κ1) is 24.9. The summed E-state index contributed by atoms with van der Waals surface area (Å²) in [4.78, 5) is 24.7. The molecule has 2 amide bonds. The van der Waals surface area contributed by atoms with Gasteiger partial charge in [-0.15, -0.1) is 0 Å². The minimum absolute atomic E-state index is 0.0866. The smallest absolute Gasteiger partial charge is 0.261 e. The molecule has 0 heterocycles. The summed E-state index contributed by atoms with van der Waals surface area (Å²) in [7, 11) is -3.92. The third-order valence-electron chi connectivity index (χ3n) is 5.70. The van der Waals surface area contributed by atoms with E-state index in [1.165, 1.54) is 30.3 Å². The highest BCUT2D eigenvalue weighted by molar-refractivity contribution is 7.92. The first-order valence-corrected chi connectivity index (χ1v) is 12.6. The highest BCUT2D eigenvalue weighted by Crippen LogP contribution is 2.22.